The van der Waals surface area contributed by atoms with E-state index in [-0.39, 0.29) is 5.41 Å². The van der Waals surface area contributed by atoms with Gasteiger partial charge in [0, 0.05) is 30.3 Å². The van der Waals surface area contributed by atoms with Crippen LogP contribution in [0.4, 0.5) is 0 Å². The van der Waals surface area contributed by atoms with Gasteiger partial charge >= 0.3 is 0 Å². The van der Waals surface area contributed by atoms with Crippen LogP contribution in [0.5, 0.6) is 5.88 Å². The van der Waals surface area contributed by atoms with Gasteiger partial charge in [-0.25, -0.2) is 9.50 Å². The lowest BCUT2D eigenvalue weighted by atomic mass is 9.92. The molecule has 1 N–H and O–H groups in total. The lowest BCUT2D eigenvalue weighted by molar-refractivity contribution is 0.253. The maximum atomic E-state index is 5.92. The third-order valence-electron chi connectivity index (χ3n) is 3.74. The standard InChI is InChI=1S/C15H22N4O/c1-15(2,3)13-8-12-14(17-6-7-19(12)18-13)20-10-11-4-5-16-9-11/h6-8,11,16H,4-5,9-10H2,1-3H3. The van der Waals surface area contributed by atoms with Gasteiger partial charge in [0.15, 0.2) is 0 Å². The van der Waals surface area contributed by atoms with Gasteiger partial charge in [-0.15, -0.1) is 0 Å². The molecule has 0 spiro atoms. The second kappa shape index (κ2) is 5.05. The van der Waals surface area contributed by atoms with E-state index in [1.54, 1.807) is 6.20 Å². The highest BCUT2D eigenvalue weighted by Gasteiger charge is 2.20. The van der Waals surface area contributed by atoms with Gasteiger partial charge in [0.1, 0.15) is 5.52 Å². The summed E-state index contributed by atoms with van der Waals surface area (Å²) in [5, 5.41) is 7.96. The molecule has 108 valence electrons. The summed E-state index contributed by atoms with van der Waals surface area (Å²) in [5.41, 5.74) is 2.03. The Morgan fingerprint density at radius 3 is 3.00 bits per heavy atom. The van der Waals surface area contributed by atoms with Crippen molar-refractivity contribution >= 4 is 5.52 Å². The van der Waals surface area contributed by atoms with Gasteiger partial charge in [0.2, 0.25) is 5.88 Å². The fourth-order valence-corrected chi connectivity index (χ4v) is 2.43. The van der Waals surface area contributed by atoms with Gasteiger partial charge in [0.25, 0.3) is 0 Å². The second-order valence-corrected chi connectivity index (χ2v) is 6.51. The van der Waals surface area contributed by atoms with Crippen molar-refractivity contribution in [3.05, 3.63) is 24.2 Å². The summed E-state index contributed by atoms with van der Waals surface area (Å²) in [7, 11) is 0. The Bertz CT molecular complexity index is 593. The van der Waals surface area contributed by atoms with E-state index < -0.39 is 0 Å². The van der Waals surface area contributed by atoms with Crippen LogP contribution in [-0.4, -0.2) is 34.3 Å². The minimum atomic E-state index is 0.0265. The maximum absolute atomic E-state index is 5.92. The van der Waals surface area contributed by atoms with Crippen LogP contribution in [0.15, 0.2) is 18.5 Å². The number of hydrogen-bond donors (Lipinski definition) is 1. The van der Waals surface area contributed by atoms with Gasteiger partial charge < -0.3 is 10.1 Å². The highest BCUT2D eigenvalue weighted by Crippen LogP contribution is 2.25. The van der Waals surface area contributed by atoms with E-state index in [9.17, 15) is 0 Å². The van der Waals surface area contributed by atoms with Gasteiger partial charge in [-0.3, -0.25) is 0 Å². The summed E-state index contributed by atoms with van der Waals surface area (Å²) < 4.78 is 7.77. The smallest absolute Gasteiger partial charge is 0.240 e. The summed E-state index contributed by atoms with van der Waals surface area (Å²) in [4.78, 5) is 4.36. The number of rotatable bonds is 3. The number of nitrogens with one attached hydrogen (secondary N) is 1. The molecule has 3 rings (SSSR count). The Hall–Kier alpha value is -1.62. The first-order chi connectivity index (χ1) is 9.54. The fourth-order valence-electron chi connectivity index (χ4n) is 2.43. The Kier molecular flexibility index (Phi) is 3.38. The molecule has 1 aliphatic rings. The molecule has 0 aromatic carbocycles. The molecular weight excluding hydrogens is 252 g/mol. The molecule has 1 aliphatic heterocycles. The van der Waals surface area contributed by atoms with E-state index >= 15 is 0 Å². The number of aromatic nitrogens is 3. The van der Waals surface area contributed by atoms with E-state index in [2.05, 4.69) is 42.2 Å². The lowest BCUT2D eigenvalue weighted by Gasteiger charge is -2.13. The van der Waals surface area contributed by atoms with E-state index in [4.69, 9.17) is 4.74 Å². The van der Waals surface area contributed by atoms with Gasteiger partial charge in [-0.2, -0.15) is 5.10 Å². The molecule has 1 atom stereocenters. The summed E-state index contributed by atoms with van der Waals surface area (Å²) in [6, 6.07) is 2.08. The quantitative estimate of drug-likeness (QED) is 0.930. The third kappa shape index (κ3) is 2.63. The maximum Gasteiger partial charge on any atom is 0.240 e. The summed E-state index contributed by atoms with van der Waals surface area (Å²) in [5.74, 6) is 1.27. The SMILES string of the molecule is CC(C)(C)c1cc2c(OCC3CCNC3)nccn2n1. The monoisotopic (exact) mass is 274 g/mol. The van der Waals surface area contributed by atoms with Crippen molar-refractivity contribution in [2.24, 2.45) is 5.92 Å². The second-order valence-electron chi connectivity index (χ2n) is 6.51. The topological polar surface area (TPSA) is 51.5 Å². The molecule has 2 aromatic rings. The largest absolute Gasteiger partial charge is 0.476 e. The average Bonchev–Trinajstić information content (AvgIpc) is 3.04. The molecule has 0 bridgehead atoms. The van der Waals surface area contributed by atoms with E-state index in [0.29, 0.717) is 11.8 Å². The van der Waals surface area contributed by atoms with Crippen LogP contribution in [0.3, 0.4) is 0 Å². The van der Waals surface area contributed by atoms with Crippen LogP contribution in [0.25, 0.3) is 5.52 Å². The zero-order valence-electron chi connectivity index (χ0n) is 12.4. The van der Waals surface area contributed by atoms with Gasteiger partial charge in [0.05, 0.1) is 12.3 Å². The highest BCUT2D eigenvalue weighted by atomic mass is 16.5. The Labute approximate surface area is 119 Å². The number of ether oxygens (including phenoxy) is 1. The molecule has 1 unspecified atom stereocenters. The van der Waals surface area contributed by atoms with Crippen LogP contribution in [0.2, 0.25) is 0 Å². The molecule has 0 aliphatic carbocycles. The summed E-state index contributed by atoms with van der Waals surface area (Å²) in [6.45, 7) is 9.32. The van der Waals surface area contributed by atoms with Crippen LogP contribution in [0.1, 0.15) is 32.9 Å². The molecule has 0 saturated carbocycles. The minimum absolute atomic E-state index is 0.0265. The van der Waals surface area contributed by atoms with E-state index in [1.807, 2.05) is 10.7 Å². The molecule has 5 heteroatoms. The molecule has 0 amide bonds. The van der Waals surface area contributed by atoms with Crippen molar-refractivity contribution in [2.45, 2.75) is 32.6 Å². The predicted molar refractivity (Wildman–Crippen MR) is 78.2 cm³/mol. The van der Waals surface area contributed by atoms with Crippen LogP contribution in [0, 0.1) is 5.92 Å². The first-order valence-corrected chi connectivity index (χ1v) is 7.22. The van der Waals surface area contributed by atoms with Crippen LogP contribution in [-0.2, 0) is 5.41 Å². The first-order valence-electron chi connectivity index (χ1n) is 7.22. The van der Waals surface area contributed by atoms with Crippen LogP contribution < -0.4 is 10.1 Å². The number of hydrogen-bond acceptors (Lipinski definition) is 4. The van der Waals surface area contributed by atoms with Crippen LogP contribution >= 0.6 is 0 Å². The lowest BCUT2D eigenvalue weighted by Crippen LogP contribution is -2.16. The van der Waals surface area contributed by atoms with Crippen molar-refractivity contribution < 1.29 is 4.74 Å². The summed E-state index contributed by atoms with van der Waals surface area (Å²) >= 11 is 0. The van der Waals surface area contributed by atoms with Gasteiger partial charge in [-0.05, 0) is 19.0 Å². The predicted octanol–water partition coefficient (Wildman–Crippen LogP) is 2.02. The third-order valence-corrected chi connectivity index (χ3v) is 3.74. The minimum Gasteiger partial charge on any atom is -0.476 e. The molecule has 2 aromatic heterocycles. The summed E-state index contributed by atoms with van der Waals surface area (Å²) in [6.07, 6.45) is 4.79. The molecule has 3 heterocycles. The first kappa shape index (κ1) is 13.4. The number of nitrogens with zero attached hydrogens (tertiary/aromatic N) is 3. The van der Waals surface area contributed by atoms with Gasteiger partial charge in [-0.1, -0.05) is 20.8 Å². The number of fused-ring (bicyclic) bond motifs is 1. The molecule has 5 nitrogen and oxygen atoms in total. The Morgan fingerprint density at radius 2 is 2.30 bits per heavy atom. The molecule has 0 radical (unpaired) electrons. The Morgan fingerprint density at radius 1 is 1.45 bits per heavy atom. The molecule has 20 heavy (non-hydrogen) atoms. The zero-order valence-corrected chi connectivity index (χ0v) is 12.4. The van der Waals surface area contributed by atoms with Crippen molar-refractivity contribution in [1.82, 2.24) is 19.9 Å². The van der Waals surface area contributed by atoms with Crippen molar-refractivity contribution in [2.75, 3.05) is 19.7 Å². The molecule has 1 saturated heterocycles. The Balaban J connectivity index is 1.84. The fraction of sp³-hybridized carbons (Fsp3) is 0.600. The van der Waals surface area contributed by atoms with E-state index in [1.165, 1.54) is 6.42 Å². The molecule has 1 fully saturated rings. The van der Waals surface area contributed by atoms with Crippen molar-refractivity contribution in [3.63, 3.8) is 0 Å². The van der Waals surface area contributed by atoms with E-state index in [0.717, 1.165) is 30.9 Å². The highest BCUT2D eigenvalue weighted by molar-refractivity contribution is 5.57. The average molecular weight is 274 g/mol. The van der Waals surface area contributed by atoms with Crippen molar-refractivity contribution in [3.8, 4) is 5.88 Å². The van der Waals surface area contributed by atoms with Crippen molar-refractivity contribution in [1.29, 1.82) is 0 Å². The normalized spacial score (nSPS) is 19.6. The molecular formula is C15H22N4O. The zero-order chi connectivity index (χ0) is 14.2.